The molecule has 82 valence electrons. The Labute approximate surface area is 107 Å². The number of benzene rings is 1. The Bertz CT molecular complexity index is 336. The van der Waals surface area contributed by atoms with E-state index >= 15 is 0 Å². The minimum absolute atomic E-state index is 0.406. The van der Waals surface area contributed by atoms with E-state index in [2.05, 4.69) is 38.4 Å². The Morgan fingerprint density at radius 3 is 2.80 bits per heavy atom. The van der Waals surface area contributed by atoms with Gasteiger partial charge in [0.25, 0.3) is 0 Å². The summed E-state index contributed by atoms with van der Waals surface area (Å²) >= 11 is 6.84. The predicted octanol–water partition coefficient (Wildman–Crippen LogP) is 4.60. The van der Waals surface area contributed by atoms with Gasteiger partial charge in [-0.15, -0.1) is 6.58 Å². The van der Waals surface area contributed by atoms with E-state index in [0.29, 0.717) is 0 Å². The summed E-state index contributed by atoms with van der Waals surface area (Å²) < 4.78 is 1.94. The monoisotopic (exact) mass is 332 g/mol. The molecule has 0 bridgehead atoms. The van der Waals surface area contributed by atoms with E-state index in [9.17, 15) is 5.11 Å². The van der Waals surface area contributed by atoms with Crippen molar-refractivity contribution in [3.63, 3.8) is 0 Å². The maximum Gasteiger partial charge on any atom is 0.0801 e. The fourth-order valence-corrected chi connectivity index (χ4v) is 2.27. The van der Waals surface area contributed by atoms with E-state index in [-0.39, 0.29) is 0 Å². The second-order valence-corrected chi connectivity index (χ2v) is 5.17. The molecule has 0 aliphatic rings. The summed E-state index contributed by atoms with van der Waals surface area (Å²) in [6.45, 7) is 3.66. The van der Waals surface area contributed by atoms with Crippen molar-refractivity contribution in [2.24, 2.45) is 0 Å². The third-order valence-corrected chi connectivity index (χ3v) is 3.42. The number of halogens is 2. The zero-order chi connectivity index (χ0) is 11.3. The minimum Gasteiger partial charge on any atom is -0.388 e. The van der Waals surface area contributed by atoms with Gasteiger partial charge in [0.15, 0.2) is 0 Å². The van der Waals surface area contributed by atoms with Crippen LogP contribution in [0.4, 0.5) is 0 Å². The number of unbranched alkanes of at least 4 members (excludes halogenated alkanes) is 1. The van der Waals surface area contributed by atoms with Gasteiger partial charge in [-0.2, -0.15) is 0 Å². The predicted molar refractivity (Wildman–Crippen MR) is 70.8 cm³/mol. The van der Waals surface area contributed by atoms with Gasteiger partial charge in [0.05, 0.1) is 6.10 Å². The van der Waals surface area contributed by atoms with Crippen LogP contribution in [-0.2, 0) is 0 Å². The summed E-state index contributed by atoms with van der Waals surface area (Å²) in [5, 5.41) is 9.97. The number of aliphatic hydroxyl groups is 1. The van der Waals surface area contributed by atoms with E-state index in [1.807, 2.05) is 24.3 Å². The molecular weight excluding hydrogens is 320 g/mol. The molecule has 0 fully saturated rings. The fraction of sp³-hybridized carbons (Fsp3) is 0.333. The average molecular weight is 334 g/mol. The van der Waals surface area contributed by atoms with Crippen molar-refractivity contribution in [3.05, 3.63) is 45.4 Å². The molecule has 0 aliphatic heterocycles. The van der Waals surface area contributed by atoms with Crippen molar-refractivity contribution in [1.82, 2.24) is 0 Å². The zero-order valence-corrected chi connectivity index (χ0v) is 11.6. The standard InChI is InChI=1S/C12H14Br2O/c1-2-3-4-5-12(15)10-8-9(13)6-7-11(10)14/h2,6-8,12,15H,1,3-5H2. The van der Waals surface area contributed by atoms with E-state index in [4.69, 9.17) is 0 Å². The topological polar surface area (TPSA) is 20.2 Å². The maximum absolute atomic E-state index is 9.97. The summed E-state index contributed by atoms with van der Waals surface area (Å²) in [6, 6.07) is 5.84. The molecule has 0 spiro atoms. The van der Waals surface area contributed by atoms with E-state index in [1.165, 1.54) is 0 Å². The highest BCUT2D eigenvalue weighted by atomic mass is 79.9. The van der Waals surface area contributed by atoms with Gasteiger partial charge in [-0.05, 0) is 43.0 Å². The Kier molecular flexibility index (Phi) is 5.58. The summed E-state index contributed by atoms with van der Waals surface area (Å²) in [7, 11) is 0. The highest BCUT2D eigenvalue weighted by Gasteiger charge is 2.10. The Morgan fingerprint density at radius 2 is 2.13 bits per heavy atom. The molecule has 1 unspecified atom stereocenters. The van der Waals surface area contributed by atoms with Gasteiger partial charge in [-0.1, -0.05) is 37.9 Å². The zero-order valence-electron chi connectivity index (χ0n) is 8.42. The van der Waals surface area contributed by atoms with Crippen molar-refractivity contribution < 1.29 is 5.11 Å². The molecule has 15 heavy (non-hydrogen) atoms. The lowest BCUT2D eigenvalue weighted by Crippen LogP contribution is -1.98. The third-order valence-electron chi connectivity index (χ3n) is 2.20. The molecule has 1 aromatic rings. The van der Waals surface area contributed by atoms with Gasteiger partial charge < -0.3 is 5.11 Å². The highest BCUT2D eigenvalue weighted by Crippen LogP contribution is 2.29. The molecule has 1 atom stereocenters. The number of aliphatic hydroxyl groups excluding tert-OH is 1. The summed E-state index contributed by atoms with van der Waals surface area (Å²) in [5.74, 6) is 0. The molecule has 1 N–H and O–H groups in total. The van der Waals surface area contributed by atoms with Gasteiger partial charge >= 0.3 is 0 Å². The van der Waals surface area contributed by atoms with Crippen molar-refractivity contribution in [3.8, 4) is 0 Å². The van der Waals surface area contributed by atoms with Crippen LogP contribution in [0.2, 0.25) is 0 Å². The van der Waals surface area contributed by atoms with Gasteiger partial charge in [0, 0.05) is 8.95 Å². The second-order valence-electron chi connectivity index (χ2n) is 3.40. The van der Waals surface area contributed by atoms with Crippen molar-refractivity contribution in [2.45, 2.75) is 25.4 Å². The van der Waals surface area contributed by atoms with Crippen LogP contribution in [0.25, 0.3) is 0 Å². The Balaban J connectivity index is 2.67. The van der Waals surface area contributed by atoms with Crippen LogP contribution in [0.5, 0.6) is 0 Å². The third kappa shape index (κ3) is 4.09. The first-order chi connectivity index (χ1) is 7.15. The average Bonchev–Trinajstić information content (AvgIpc) is 2.22. The maximum atomic E-state index is 9.97. The van der Waals surface area contributed by atoms with Crippen LogP contribution in [0, 0.1) is 0 Å². The molecular formula is C12H14Br2O. The SMILES string of the molecule is C=CCCCC(O)c1cc(Br)ccc1Br. The van der Waals surface area contributed by atoms with Crippen LogP contribution in [0.3, 0.4) is 0 Å². The van der Waals surface area contributed by atoms with Gasteiger partial charge in [0.1, 0.15) is 0 Å². The van der Waals surface area contributed by atoms with E-state index in [1.54, 1.807) is 0 Å². The lowest BCUT2D eigenvalue weighted by Gasteiger charge is -2.12. The largest absolute Gasteiger partial charge is 0.388 e. The number of hydrogen-bond acceptors (Lipinski definition) is 1. The Morgan fingerprint density at radius 1 is 1.40 bits per heavy atom. The van der Waals surface area contributed by atoms with Gasteiger partial charge in [-0.25, -0.2) is 0 Å². The normalized spacial score (nSPS) is 12.5. The first kappa shape index (κ1) is 12.9. The molecule has 3 heteroatoms. The molecule has 0 radical (unpaired) electrons. The molecule has 0 heterocycles. The summed E-state index contributed by atoms with van der Waals surface area (Å²) in [5.41, 5.74) is 0.938. The molecule has 1 aromatic carbocycles. The van der Waals surface area contributed by atoms with E-state index in [0.717, 1.165) is 33.8 Å². The van der Waals surface area contributed by atoms with Crippen LogP contribution in [0.1, 0.15) is 30.9 Å². The molecule has 0 saturated carbocycles. The highest BCUT2D eigenvalue weighted by molar-refractivity contribution is 9.11. The van der Waals surface area contributed by atoms with Crippen molar-refractivity contribution in [1.29, 1.82) is 0 Å². The molecule has 0 amide bonds. The minimum atomic E-state index is -0.406. The van der Waals surface area contributed by atoms with Crippen LogP contribution >= 0.6 is 31.9 Å². The van der Waals surface area contributed by atoms with Gasteiger partial charge in [0.2, 0.25) is 0 Å². The van der Waals surface area contributed by atoms with Crippen LogP contribution in [-0.4, -0.2) is 5.11 Å². The molecule has 1 nitrogen and oxygen atoms in total. The summed E-state index contributed by atoms with van der Waals surface area (Å²) in [4.78, 5) is 0. The molecule has 0 saturated heterocycles. The smallest absolute Gasteiger partial charge is 0.0801 e. The lowest BCUT2D eigenvalue weighted by molar-refractivity contribution is 0.164. The lowest BCUT2D eigenvalue weighted by atomic mass is 10.0. The summed E-state index contributed by atoms with van der Waals surface area (Å²) in [6.07, 6.45) is 4.15. The van der Waals surface area contributed by atoms with Crippen LogP contribution < -0.4 is 0 Å². The number of hydrogen-bond donors (Lipinski definition) is 1. The number of rotatable bonds is 5. The van der Waals surface area contributed by atoms with Crippen molar-refractivity contribution in [2.75, 3.05) is 0 Å². The first-order valence-electron chi connectivity index (χ1n) is 4.89. The second kappa shape index (κ2) is 6.46. The first-order valence-corrected chi connectivity index (χ1v) is 6.47. The Hall–Kier alpha value is -0.120. The van der Waals surface area contributed by atoms with Crippen molar-refractivity contribution >= 4 is 31.9 Å². The molecule has 0 aromatic heterocycles. The molecule has 0 aliphatic carbocycles. The molecule has 1 rings (SSSR count). The van der Waals surface area contributed by atoms with Crippen LogP contribution in [0.15, 0.2) is 39.8 Å². The quantitative estimate of drug-likeness (QED) is 0.616. The fourth-order valence-electron chi connectivity index (χ4n) is 1.38. The van der Waals surface area contributed by atoms with Gasteiger partial charge in [-0.3, -0.25) is 0 Å². The van der Waals surface area contributed by atoms with E-state index < -0.39 is 6.10 Å². The number of allylic oxidation sites excluding steroid dienone is 1.